The van der Waals surface area contributed by atoms with Gasteiger partial charge in [0.15, 0.2) is 0 Å². The van der Waals surface area contributed by atoms with Crippen molar-refractivity contribution in [2.75, 3.05) is 19.6 Å². The van der Waals surface area contributed by atoms with Crippen LogP contribution < -0.4 is 11.1 Å². The molecule has 0 rings (SSSR count). The monoisotopic (exact) mass is 202 g/mol. The molecule has 0 aromatic heterocycles. The predicted octanol–water partition coefficient (Wildman–Crippen LogP) is 2.45. The van der Waals surface area contributed by atoms with Crippen molar-refractivity contribution in [3.63, 3.8) is 0 Å². The average Bonchev–Trinajstić information content (AvgIpc) is 2.31. The highest BCUT2D eigenvalue weighted by Crippen LogP contribution is 2.05. The first kappa shape index (κ1) is 10.2. The summed E-state index contributed by atoms with van der Waals surface area (Å²) in [5, 5.41) is 3.15. The second kappa shape index (κ2) is 12.7. The first-order valence-electron chi connectivity index (χ1n) is 6.83. The molecule has 0 aliphatic rings. The summed E-state index contributed by atoms with van der Waals surface area (Å²) in [6.07, 6.45) is 8.78. The molecular formula is C12H26N2. The molecule has 0 saturated heterocycles. The summed E-state index contributed by atoms with van der Waals surface area (Å²) in [6.45, 7) is 3.40. The molecule has 14 heavy (non-hydrogen) atoms. The molecule has 3 N–H and O–H groups in total. The summed E-state index contributed by atoms with van der Waals surface area (Å²) < 4.78 is 14.1. The Balaban J connectivity index is 2.99. The normalized spacial score (nSPS) is 13.9. The lowest BCUT2D eigenvalue weighted by Gasteiger charge is -2.02. The van der Waals surface area contributed by atoms with Crippen molar-refractivity contribution in [2.45, 2.75) is 44.9 Å². The van der Waals surface area contributed by atoms with E-state index in [4.69, 9.17) is 8.48 Å². The third-order valence-corrected chi connectivity index (χ3v) is 2.28. The molecule has 2 nitrogen and oxygen atoms in total. The van der Waals surface area contributed by atoms with Gasteiger partial charge in [-0.25, -0.2) is 0 Å². The molecule has 0 spiro atoms. The van der Waals surface area contributed by atoms with Crippen LogP contribution in [0.25, 0.3) is 0 Å². The number of unbranched alkanes of at least 4 members (excludes halogenated alkanes) is 6. The molecule has 0 heterocycles. The lowest BCUT2D eigenvalue weighted by molar-refractivity contribution is 0.568. The maximum absolute atomic E-state index is 7.23. The van der Waals surface area contributed by atoms with E-state index in [-0.39, 0.29) is 0 Å². The van der Waals surface area contributed by atoms with Crippen LogP contribution in [-0.2, 0) is 0 Å². The molecule has 0 atom stereocenters. The summed E-state index contributed by atoms with van der Waals surface area (Å²) in [5.41, 5.74) is 5.42. The Bertz CT molecular complexity index is 172. The van der Waals surface area contributed by atoms with Gasteiger partial charge < -0.3 is 11.1 Å². The van der Waals surface area contributed by atoms with Crippen LogP contribution in [0.5, 0.6) is 0 Å². The average molecular weight is 202 g/mol. The smallest absolute Gasteiger partial charge is 0.0583 e. The third kappa shape index (κ3) is 11.7. The Morgan fingerprint density at radius 3 is 2.43 bits per heavy atom. The van der Waals surface area contributed by atoms with Crippen LogP contribution in [0.3, 0.4) is 0 Å². The van der Waals surface area contributed by atoms with Crippen LogP contribution in [0.15, 0.2) is 12.6 Å². The molecule has 0 aliphatic carbocycles. The highest BCUT2D eigenvalue weighted by atomic mass is 14.8. The van der Waals surface area contributed by atoms with E-state index in [0.717, 1.165) is 26.1 Å². The minimum absolute atomic E-state index is 0.349. The molecule has 0 aromatic rings. The first-order valence-corrected chi connectivity index (χ1v) is 5.76. The van der Waals surface area contributed by atoms with Gasteiger partial charge in [0.1, 0.15) is 0 Å². The molecule has 0 saturated carbocycles. The number of hydrogen-bond donors (Lipinski definition) is 2. The van der Waals surface area contributed by atoms with Gasteiger partial charge in [-0.1, -0.05) is 38.2 Å². The Kier molecular flexibility index (Phi) is 9.21. The zero-order chi connectivity index (χ0) is 12.1. The van der Waals surface area contributed by atoms with Crippen LogP contribution in [-0.4, -0.2) is 19.6 Å². The SMILES string of the molecule is [3H]C=C([3H])CNCCCCCCCCCN. The molecule has 0 unspecified atom stereocenters. The summed E-state index contributed by atoms with van der Waals surface area (Å²) in [4.78, 5) is 0. The van der Waals surface area contributed by atoms with Gasteiger partial charge in [0, 0.05) is 6.54 Å². The second-order valence-electron chi connectivity index (χ2n) is 3.64. The highest BCUT2D eigenvalue weighted by Gasteiger charge is 1.90. The molecule has 0 fully saturated rings. The number of nitrogens with one attached hydrogen (secondary N) is 1. The minimum atomic E-state index is 0.349. The van der Waals surface area contributed by atoms with Crippen molar-refractivity contribution in [2.24, 2.45) is 5.73 Å². The van der Waals surface area contributed by atoms with Gasteiger partial charge in [-0.15, -0.1) is 6.55 Å². The zero-order valence-corrected chi connectivity index (χ0v) is 9.23. The van der Waals surface area contributed by atoms with Crippen molar-refractivity contribution in [3.8, 4) is 0 Å². The lowest BCUT2D eigenvalue weighted by Crippen LogP contribution is -2.14. The van der Waals surface area contributed by atoms with Gasteiger partial charge >= 0.3 is 0 Å². The molecule has 0 amide bonds. The van der Waals surface area contributed by atoms with Gasteiger partial charge in [-0.2, -0.15) is 0 Å². The predicted molar refractivity (Wildman–Crippen MR) is 64.4 cm³/mol. The lowest BCUT2D eigenvalue weighted by atomic mass is 10.1. The Morgan fingerprint density at radius 1 is 1.14 bits per heavy atom. The highest BCUT2D eigenvalue weighted by molar-refractivity contribution is 4.69. The summed E-state index contributed by atoms with van der Waals surface area (Å²) in [6, 6.07) is 0.349. The fourth-order valence-electron chi connectivity index (χ4n) is 1.44. The third-order valence-electron chi connectivity index (χ3n) is 2.28. The largest absolute Gasteiger partial charge is 0.330 e. The van der Waals surface area contributed by atoms with Crippen LogP contribution in [0.2, 0.25) is 0 Å². The van der Waals surface area contributed by atoms with Crippen molar-refractivity contribution in [1.82, 2.24) is 5.32 Å². The summed E-state index contributed by atoms with van der Waals surface area (Å²) in [7, 11) is 0. The van der Waals surface area contributed by atoms with E-state index in [1.165, 1.54) is 38.5 Å². The van der Waals surface area contributed by atoms with E-state index in [1.54, 1.807) is 0 Å². The fraction of sp³-hybridized carbons (Fsp3) is 0.833. The Labute approximate surface area is 91.8 Å². The summed E-state index contributed by atoms with van der Waals surface area (Å²) in [5.74, 6) is 0. The van der Waals surface area contributed by atoms with E-state index >= 15 is 0 Å². The van der Waals surface area contributed by atoms with Crippen LogP contribution in [0, 0.1) is 0 Å². The van der Waals surface area contributed by atoms with Crippen molar-refractivity contribution in [1.29, 1.82) is 0 Å². The molecule has 0 radical (unpaired) electrons. The van der Waals surface area contributed by atoms with Gasteiger partial charge in [-0.3, -0.25) is 0 Å². The summed E-state index contributed by atoms with van der Waals surface area (Å²) >= 11 is 0. The first-order chi connectivity index (χ1) is 7.81. The van der Waals surface area contributed by atoms with E-state index < -0.39 is 0 Å². The molecule has 2 heteroatoms. The van der Waals surface area contributed by atoms with E-state index in [9.17, 15) is 0 Å². The number of hydrogen-bond acceptors (Lipinski definition) is 2. The quantitative estimate of drug-likeness (QED) is 0.399. The Hall–Kier alpha value is -0.340. The second-order valence-corrected chi connectivity index (χ2v) is 3.64. The fourth-order valence-corrected chi connectivity index (χ4v) is 1.44. The maximum atomic E-state index is 7.23. The van der Waals surface area contributed by atoms with Crippen LogP contribution >= 0.6 is 0 Å². The topological polar surface area (TPSA) is 38.0 Å². The van der Waals surface area contributed by atoms with E-state index in [1.807, 2.05) is 0 Å². The minimum Gasteiger partial charge on any atom is -0.330 e. The molecule has 0 bridgehead atoms. The van der Waals surface area contributed by atoms with Crippen LogP contribution in [0.1, 0.15) is 47.7 Å². The van der Waals surface area contributed by atoms with Crippen molar-refractivity contribution >= 4 is 0 Å². The molecule has 0 aromatic carbocycles. The Morgan fingerprint density at radius 2 is 1.79 bits per heavy atom. The molecule has 0 aliphatic heterocycles. The van der Waals surface area contributed by atoms with E-state index in [2.05, 4.69) is 5.32 Å². The van der Waals surface area contributed by atoms with Crippen molar-refractivity contribution in [3.05, 3.63) is 12.6 Å². The molecule has 84 valence electrons. The van der Waals surface area contributed by atoms with E-state index in [0.29, 0.717) is 12.6 Å². The zero-order valence-electron chi connectivity index (χ0n) is 11.2. The standard InChI is InChI=1S/C12H26N2/c1-2-11-14-12-9-7-5-3-4-6-8-10-13/h2,14H,1,3-13H2/i1T,2T. The molecular weight excluding hydrogens is 172 g/mol. The van der Waals surface area contributed by atoms with Gasteiger partial charge in [0.2, 0.25) is 0 Å². The van der Waals surface area contributed by atoms with Gasteiger partial charge in [0.25, 0.3) is 0 Å². The van der Waals surface area contributed by atoms with Gasteiger partial charge in [-0.05, 0) is 25.9 Å². The number of rotatable bonds is 11. The number of nitrogens with two attached hydrogens (primary N) is 1. The van der Waals surface area contributed by atoms with Crippen LogP contribution in [0.4, 0.5) is 0 Å². The van der Waals surface area contributed by atoms with Crippen molar-refractivity contribution < 1.29 is 2.74 Å². The maximum Gasteiger partial charge on any atom is 0.0583 e. The van der Waals surface area contributed by atoms with Gasteiger partial charge in [0.05, 0.1) is 2.74 Å².